The summed E-state index contributed by atoms with van der Waals surface area (Å²) >= 11 is 0. The Hall–Kier alpha value is -5.55. The number of ether oxygens (including phenoxy) is 1. The van der Waals surface area contributed by atoms with Crippen molar-refractivity contribution in [1.29, 1.82) is 0 Å². The number of aliphatic carboxylic acids is 2. The van der Waals surface area contributed by atoms with Crippen LogP contribution in [0.25, 0.3) is 0 Å². The number of likely N-dealkylation sites (tertiary alicyclic amines) is 1. The average molecular weight is 801 g/mol. The molecule has 6 N–H and O–H groups in total. The summed E-state index contributed by atoms with van der Waals surface area (Å²) in [6.07, 6.45) is -0.333. The normalized spacial score (nSPS) is 17.8. The molecule has 18 heteroatoms. The first-order chi connectivity index (χ1) is 26.9. The Labute approximate surface area is 331 Å². The maximum absolute atomic E-state index is 14.4. The second-order valence-electron chi connectivity index (χ2n) is 15.1. The molecule has 0 spiro atoms. The van der Waals surface area contributed by atoms with Gasteiger partial charge in [-0.2, -0.15) is 0 Å². The lowest BCUT2D eigenvalue weighted by Crippen LogP contribution is -2.59. The predicted octanol–water partition coefficient (Wildman–Crippen LogP) is 1.13. The third-order valence-electron chi connectivity index (χ3n) is 9.88. The number of unbranched alkanes of at least 4 members (excludes halogenated alkanes) is 1. The van der Waals surface area contributed by atoms with Gasteiger partial charge in [0.15, 0.2) is 0 Å². The average Bonchev–Trinajstić information content (AvgIpc) is 3.59. The van der Waals surface area contributed by atoms with Gasteiger partial charge in [0.1, 0.15) is 30.8 Å². The predicted molar refractivity (Wildman–Crippen MR) is 203 cm³/mol. The molecule has 6 amide bonds. The Bertz CT molecular complexity index is 1670. The lowest BCUT2D eigenvalue weighted by atomic mass is 9.98. The highest BCUT2D eigenvalue weighted by molar-refractivity contribution is 6.38. The number of hydrogen-bond donors (Lipinski definition) is 6. The van der Waals surface area contributed by atoms with Gasteiger partial charge in [-0.1, -0.05) is 65.3 Å². The molecule has 0 aliphatic carbocycles. The second-order valence-corrected chi connectivity index (χ2v) is 15.1. The lowest BCUT2D eigenvalue weighted by molar-refractivity contribution is -0.145. The summed E-state index contributed by atoms with van der Waals surface area (Å²) in [7, 11) is 0. The third-order valence-corrected chi connectivity index (χ3v) is 9.88. The van der Waals surface area contributed by atoms with Crippen molar-refractivity contribution in [1.82, 2.24) is 31.1 Å². The van der Waals surface area contributed by atoms with Gasteiger partial charge in [-0.3, -0.25) is 38.4 Å². The molecule has 18 nitrogen and oxygen atoms in total. The maximum Gasteiger partial charge on any atom is 0.410 e. The standard InChI is InChI=1S/C39H56N6O12/c1-6-11-27(34(51)37(54)40-19-31(49)50)41-35(52)28-18-26(57-39(56)44-17-16-24-12-7-8-13-25(24)20-44)21-45(28)38(55)33(23(4)5)43-36(53)32(22(2)3)42-29(46)14-9-10-15-30(47)48/h7-8,12-13,22-23,26-28,32-33H,6,9-11,14-21H2,1-5H3,(H,40,54)(H,41,52)(H,42,46)(H,43,53)(H,47,48)(H,49,50)/t26?,27?,28?,32-,33-/m0/s1. The van der Waals surface area contributed by atoms with Crippen molar-refractivity contribution in [3.05, 3.63) is 35.4 Å². The fourth-order valence-corrected chi connectivity index (χ4v) is 6.75. The van der Waals surface area contributed by atoms with Gasteiger partial charge in [0.2, 0.25) is 29.4 Å². The number of carbonyl (C=O) groups excluding carboxylic acids is 7. The van der Waals surface area contributed by atoms with E-state index in [0.717, 1.165) is 11.1 Å². The first-order valence-electron chi connectivity index (χ1n) is 19.4. The molecule has 1 aromatic carbocycles. The van der Waals surface area contributed by atoms with Crippen molar-refractivity contribution in [3.8, 4) is 0 Å². The van der Waals surface area contributed by atoms with Gasteiger partial charge in [0, 0.05) is 32.4 Å². The van der Waals surface area contributed by atoms with Crippen LogP contribution in [0, 0.1) is 11.8 Å². The number of rotatable bonds is 20. The van der Waals surface area contributed by atoms with Crippen LogP contribution in [-0.2, 0) is 56.1 Å². The van der Waals surface area contributed by atoms with Crippen LogP contribution in [-0.4, -0.2) is 123 Å². The number of ketones is 1. The SMILES string of the molecule is CCCC(NC(=O)C1CC(OC(=O)N2CCc3ccccc3C2)CN1C(=O)[C@@H](NC(=O)[C@@H](NC(=O)CCCCC(=O)O)C(C)C)C(C)C)C(=O)C(=O)NCC(=O)O. The van der Waals surface area contributed by atoms with E-state index in [2.05, 4.69) is 16.0 Å². The molecule has 0 aromatic heterocycles. The number of fused-ring (bicyclic) bond motifs is 1. The maximum atomic E-state index is 14.4. The Morgan fingerprint density at radius 3 is 2.11 bits per heavy atom. The van der Waals surface area contributed by atoms with Crippen LogP contribution in [0.2, 0.25) is 0 Å². The van der Waals surface area contributed by atoms with Crippen LogP contribution in [0.3, 0.4) is 0 Å². The van der Waals surface area contributed by atoms with Gasteiger partial charge in [0.25, 0.3) is 5.91 Å². The first-order valence-corrected chi connectivity index (χ1v) is 19.4. The van der Waals surface area contributed by atoms with Gasteiger partial charge in [-0.05, 0) is 48.6 Å². The molecule has 2 aliphatic heterocycles. The van der Waals surface area contributed by atoms with E-state index in [1.165, 1.54) is 9.80 Å². The van der Waals surface area contributed by atoms with Crippen molar-refractivity contribution in [2.45, 2.75) is 123 Å². The number of carboxylic acids is 2. The van der Waals surface area contributed by atoms with Gasteiger partial charge >= 0.3 is 18.0 Å². The minimum absolute atomic E-state index is 0.00627. The van der Waals surface area contributed by atoms with E-state index in [4.69, 9.17) is 14.9 Å². The molecule has 1 saturated heterocycles. The number of nitrogens with zero attached hydrogens (tertiary/aromatic N) is 2. The molecule has 3 rings (SSSR count). The number of carboxylic acid groups (broad SMARTS) is 2. The molecular formula is C39H56N6O12. The zero-order valence-electron chi connectivity index (χ0n) is 33.2. The fourth-order valence-electron chi connectivity index (χ4n) is 6.75. The molecular weight excluding hydrogens is 744 g/mol. The van der Waals surface area contributed by atoms with Crippen molar-refractivity contribution in [2.75, 3.05) is 19.6 Å². The zero-order chi connectivity index (χ0) is 42.4. The van der Waals surface area contributed by atoms with Gasteiger partial charge in [0.05, 0.1) is 12.6 Å². The van der Waals surface area contributed by atoms with E-state index in [9.17, 15) is 43.2 Å². The molecule has 5 atom stereocenters. The molecule has 57 heavy (non-hydrogen) atoms. The first kappa shape index (κ1) is 45.8. The summed E-state index contributed by atoms with van der Waals surface area (Å²) < 4.78 is 5.87. The highest BCUT2D eigenvalue weighted by atomic mass is 16.6. The van der Waals surface area contributed by atoms with Crippen molar-refractivity contribution >= 4 is 53.4 Å². The number of benzene rings is 1. The van der Waals surface area contributed by atoms with E-state index in [1.807, 2.05) is 29.6 Å². The van der Waals surface area contributed by atoms with Gasteiger partial charge in [-0.25, -0.2) is 4.79 Å². The van der Waals surface area contributed by atoms with E-state index >= 15 is 0 Å². The van der Waals surface area contributed by atoms with Crippen LogP contribution in [0.4, 0.5) is 4.79 Å². The van der Waals surface area contributed by atoms with Gasteiger partial charge < -0.3 is 46.0 Å². The van der Waals surface area contributed by atoms with Crippen molar-refractivity contribution in [3.63, 3.8) is 0 Å². The highest BCUT2D eigenvalue weighted by Crippen LogP contribution is 2.26. The molecule has 0 bridgehead atoms. The topological polar surface area (TPSA) is 258 Å². The Morgan fingerprint density at radius 2 is 1.49 bits per heavy atom. The Balaban J connectivity index is 1.84. The lowest BCUT2D eigenvalue weighted by Gasteiger charge is -2.32. The summed E-state index contributed by atoms with van der Waals surface area (Å²) in [6.45, 7) is 8.12. The third kappa shape index (κ3) is 13.6. The fraction of sp³-hybridized carbons (Fsp3) is 0.615. The van der Waals surface area contributed by atoms with Crippen LogP contribution in [0.15, 0.2) is 24.3 Å². The summed E-state index contributed by atoms with van der Waals surface area (Å²) in [5, 5.41) is 27.7. The number of amides is 6. The van der Waals surface area contributed by atoms with Crippen LogP contribution < -0.4 is 21.3 Å². The molecule has 0 radical (unpaired) electrons. The Morgan fingerprint density at radius 1 is 0.842 bits per heavy atom. The van der Waals surface area contributed by atoms with Crippen LogP contribution in [0.1, 0.15) is 90.7 Å². The quantitative estimate of drug-likeness (QED) is 0.0802. The minimum atomic E-state index is -1.37. The van der Waals surface area contributed by atoms with Crippen LogP contribution >= 0.6 is 0 Å². The largest absolute Gasteiger partial charge is 0.481 e. The number of nitrogens with one attached hydrogen (secondary N) is 4. The molecule has 314 valence electrons. The Kier molecular flexibility index (Phi) is 17.4. The molecule has 1 aromatic rings. The summed E-state index contributed by atoms with van der Waals surface area (Å²) in [5.41, 5.74) is 2.07. The number of hydrogen-bond acceptors (Lipinski definition) is 10. The van der Waals surface area contributed by atoms with E-state index in [-0.39, 0.29) is 38.6 Å². The van der Waals surface area contributed by atoms with Crippen LogP contribution in [0.5, 0.6) is 0 Å². The smallest absolute Gasteiger partial charge is 0.410 e. The second kappa shape index (κ2) is 21.7. The molecule has 3 unspecified atom stereocenters. The van der Waals surface area contributed by atoms with Crippen molar-refractivity contribution < 1.29 is 58.1 Å². The summed E-state index contributed by atoms with van der Waals surface area (Å²) in [5.74, 6) is -8.23. The molecule has 1 fully saturated rings. The van der Waals surface area contributed by atoms with Gasteiger partial charge in [-0.15, -0.1) is 0 Å². The number of Topliss-reactive ketones (excluding diaryl/α,β-unsaturated/α-hetero) is 1. The minimum Gasteiger partial charge on any atom is -0.481 e. The molecule has 2 aliphatic rings. The molecule has 0 saturated carbocycles. The summed E-state index contributed by atoms with van der Waals surface area (Å²) in [6, 6.07) is 2.75. The number of carbonyl (C=O) groups is 9. The zero-order valence-corrected chi connectivity index (χ0v) is 33.2. The summed E-state index contributed by atoms with van der Waals surface area (Å²) in [4.78, 5) is 118. The monoisotopic (exact) mass is 800 g/mol. The highest BCUT2D eigenvalue weighted by Gasteiger charge is 2.46. The van der Waals surface area contributed by atoms with Crippen molar-refractivity contribution in [2.24, 2.45) is 11.8 Å². The van der Waals surface area contributed by atoms with E-state index in [0.29, 0.717) is 32.4 Å². The van der Waals surface area contributed by atoms with E-state index < -0.39 is 102 Å². The van der Waals surface area contributed by atoms with E-state index in [1.54, 1.807) is 34.6 Å². The molecule has 2 heterocycles.